The van der Waals surface area contributed by atoms with Crippen LogP contribution in [0.25, 0.3) is 0 Å². The summed E-state index contributed by atoms with van der Waals surface area (Å²) in [7, 11) is 0. The van der Waals surface area contributed by atoms with Crippen molar-refractivity contribution in [3.05, 3.63) is 51.6 Å². The first kappa shape index (κ1) is 37.1. The highest BCUT2D eigenvalue weighted by atomic mass is 16.7. The summed E-state index contributed by atoms with van der Waals surface area (Å²) >= 11 is 0. The molecule has 1 fully saturated rings. The smallest absolute Gasteiger partial charge is 0.222 e. The lowest BCUT2D eigenvalue weighted by atomic mass is 9.76. The molecule has 0 aromatic heterocycles. The van der Waals surface area contributed by atoms with Crippen molar-refractivity contribution in [1.82, 2.24) is 0 Å². The van der Waals surface area contributed by atoms with Crippen molar-refractivity contribution >= 4 is 17.3 Å². The fourth-order valence-corrected chi connectivity index (χ4v) is 7.27. The maximum absolute atomic E-state index is 13.5. The van der Waals surface area contributed by atoms with Gasteiger partial charge in [0.2, 0.25) is 5.79 Å². The Balaban J connectivity index is 1.77. The minimum Gasteiger partial charge on any atom is -0.507 e. The molecule has 0 aliphatic carbocycles. The number of benzene rings is 3. The Morgan fingerprint density at radius 3 is 1.57 bits per heavy atom. The molecule has 8 N–H and O–H groups in total. The lowest BCUT2D eigenvalue weighted by Gasteiger charge is -2.30. The number of rotatable bonds is 12. The summed E-state index contributed by atoms with van der Waals surface area (Å²) in [5.74, 6) is -12.3. The Morgan fingerprint density at radius 2 is 1.06 bits per heavy atom. The van der Waals surface area contributed by atoms with Gasteiger partial charge in [0.1, 0.15) is 68.4 Å². The van der Waals surface area contributed by atoms with Gasteiger partial charge in [-0.05, 0) is 17.8 Å². The van der Waals surface area contributed by atoms with Crippen molar-refractivity contribution in [2.75, 3.05) is 6.61 Å². The van der Waals surface area contributed by atoms with E-state index in [-0.39, 0.29) is 71.6 Å². The van der Waals surface area contributed by atoms with Gasteiger partial charge in [0, 0.05) is 66.5 Å². The van der Waals surface area contributed by atoms with Crippen LogP contribution in [0.4, 0.5) is 0 Å². The molecule has 2 aliphatic heterocycles. The van der Waals surface area contributed by atoms with Crippen LogP contribution in [0.2, 0.25) is 0 Å². The fraction of sp³-hybridized carbons (Fsp3) is 0.447. The number of hydrogen-bond donors (Lipinski definition) is 8. The molecule has 5 rings (SSSR count). The molecule has 3 atom stereocenters. The molecule has 13 nitrogen and oxygen atoms in total. The molecule has 0 radical (unpaired) electrons. The van der Waals surface area contributed by atoms with Crippen molar-refractivity contribution < 1.29 is 64.7 Å². The third-order valence-electron chi connectivity index (χ3n) is 9.32. The van der Waals surface area contributed by atoms with Crippen LogP contribution in [0.1, 0.15) is 120 Å². The minimum absolute atomic E-state index is 0.0300. The SMILES string of the molecule is CC(C)CC(=O)c1c(O)cc(O)c(C[C@]23OC[C@@H](c4c(O)cc(O)c(C(=O)CC(C)C)c4O)[C@H]2c2c(O)cc(O)c(C(=O)CC(C)C)c2O3)c1O. The number of ether oxygens (including phenoxy) is 2. The van der Waals surface area contributed by atoms with Crippen LogP contribution in [0.3, 0.4) is 0 Å². The Bertz CT molecular complexity index is 1930. The zero-order valence-electron chi connectivity index (χ0n) is 29.3. The van der Waals surface area contributed by atoms with Crippen molar-refractivity contribution in [3.8, 4) is 51.7 Å². The number of Topliss-reactive ketones (excluding diaryl/α,β-unsaturated/α-hetero) is 3. The quantitative estimate of drug-likeness (QED) is 0.0974. The van der Waals surface area contributed by atoms with Gasteiger partial charge in [0.15, 0.2) is 17.3 Å². The molecule has 0 amide bonds. The van der Waals surface area contributed by atoms with E-state index < -0.39 is 98.5 Å². The second-order valence-electron chi connectivity index (χ2n) is 14.8. The van der Waals surface area contributed by atoms with Crippen LogP contribution < -0.4 is 4.74 Å². The van der Waals surface area contributed by atoms with Gasteiger partial charge in [0.25, 0.3) is 0 Å². The maximum Gasteiger partial charge on any atom is 0.222 e. The second-order valence-corrected chi connectivity index (χ2v) is 14.8. The highest BCUT2D eigenvalue weighted by molar-refractivity contribution is 6.04. The Kier molecular flexibility index (Phi) is 9.83. The second kappa shape index (κ2) is 13.5. The maximum atomic E-state index is 13.5. The number of carbonyl (C=O) groups excluding carboxylic acids is 3. The molecular formula is C38H44O13. The van der Waals surface area contributed by atoms with Crippen LogP contribution in [0.5, 0.6) is 51.7 Å². The molecule has 0 spiro atoms. The predicted molar refractivity (Wildman–Crippen MR) is 182 cm³/mol. The van der Waals surface area contributed by atoms with E-state index in [2.05, 4.69) is 0 Å². The van der Waals surface area contributed by atoms with Crippen molar-refractivity contribution in [3.63, 3.8) is 0 Å². The van der Waals surface area contributed by atoms with Crippen LogP contribution in [-0.4, -0.2) is 70.6 Å². The van der Waals surface area contributed by atoms with Gasteiger partial charge in [-0.15, -0.1) is 0 Å². The number of phenols is 8. The number of ketones is 3. The number of aromatic hydroxyl groups is 8. The number of phenolic OH excluding ortho intramolecular Hbond substituents is 8. The normalized spacial score (nSPS) is 19.4. The van der Waals surface area contributed by atoms with E-state index in [1.807, 2.05) is 0 Å². The van der Waals surface area contributed by atoms with E-state index in [0.717, 1.165) is 18.2 Å². The van der Waals surface area contributed by atoms with E-state index >= 15 is 0 Å². The van der Waals surface area contributed by atoms with Crippen LogP contribution in [0, 0.1) is 17.8 Å². The summed E-state index contributed by atoms with van der Waals surface area (Å²) < 4.78 is 12.7. The summed E-state index contributed by atoms with van der Waals surface area (Å²) in [5, 5.41) is 88.7. The topological polar surface area (TPSA) is 232 Å². The third-order valence-corrected chi connectivity index (χ3v) is 9.32. The summed E-state index contributed by atoms with van der Waals surface area (Å²) in [6.07, 6.45) is -0.715. The highest BCUT2D eigenvalue weighted by Gasteiger charge is 2.62. The average molecular weight is 709 g/mol. The molecule has 2 aliphatic rings. The molecule has 13 heteroatoms. The first-order valence-electron chi connectivity index (χ1n) is 16.8. The number of fused-ring (bicyclic) bond motifs is 3. The largest absolute Gasteiger partial charge is 0.507 e. The predicted octanol–water partition coefficient (Wildman–Crippen LogP) is 6.25. The molecule has 51 heavy (non-hydrogen) atoms. The van der Waals surface area contributed by atoms with Crippen LogP contribution in [0.15, 0.2) is 18.2 Å². The lowest BCUT2D eigenvalue weighted by molar-refractivity contribution is -0.144. The number of hydrogen-bond acceptors (Lipinski definition) is 13. The van der Waals surface area contributed by atoms with E-state index in [1.54, 1.807) is 41.5 Å². The molecule has 274 valence electrons. The zero-order chi connectivity index (χ0) is 37.9. The molecule has 0 saturated carbocycles. The Hall–Kier alpha value is -5.17. The van der Waals surface area contributed by atoms with Gasteiger partial charge < -0.3 is 50.3 Å². The fourth-order valence-electron chi connectivity index (χ4n) is 7.27. The summed E-state index contributed by atoms with van der Waals surface area (Å²) in [6, 6.07) is 2.74. The van der Waals surface area contributed by atoms with Crippen LogP contribution in [-0.2, 0) is 11.2 Å². The first-order chi connectivity index (χ1) is 23.8. The third kappa shape index (κ3) is 6.46. The average Bonchev–Trinajstić information content (AvgIpc) is 3.48. The van der Waals surface area contributed by atoms with Gasteiger partial charge in [-0.25, -0.2) is 0 Å². The molecular weight excluding hydrogens is 664 g/mol. The van der Waals surface area contributed by atoms with Gasteiger partial charge in [-0.1, -0.05) is 41.5 Å². The van der Waals surface area contributed by atoms with Gasteiger partial charge >= 0.3 is 0 Å². The zero-order valence-corrected chi connectivity index (χ0v) is 29.3. The molecule has 3 aromatic carbocycles. The summed E-state index contributed by atoms with van der Waals surface area (Å²) in [4.78, 5) is 39.8. The van der Waals surface area contributed by atoms with E-state index in [4.69, 9.17) is 9.47 Å². The molecule has 0 bridgehead atoms. The van der Waals surface area contributed by atoms with Gasteiger partial charge in [-0.3, -0.25) is 14.4 Å². The molecule has 3 aromatic rings. The molecule has 1 saturated heterocycles. The highest BCUT2D eigenvalue weighted by Crippen LogP contribution is 2.64. The summed E-state index contributed by atoms with van der Waals surface area (Å²) in [6.45, 7) is 10.3. The molecule has 2 heterocycles. The van der Waals surface area contributed by atoms with Gasteiger partial charge in [0.05, 0.1) is 12.5 Å². The Labute approximate surface area is 294 Å². The standard InChI is InChI=1S/C38H44O13/c1-15(2)7-21(40)30-25(44)10-20(39)18(35(30)48)13-38-34(33-28(47)12-27(46)32(37(33)51-38)23(42)9-17(5)6)19(14-50-38)29-24(43)11-26(45)31(36(29)49)22(41)8-16(3)4/h10-12,15-17,19,34,39,43-49H,7-9,13-14H2,1-6H3/t19-,34-,38+/m0/s1. The lowest BCUT2D eigenvalue weighted by Crippen LogP contribution is -2.39. The van der Waals surface area contributed by atoms with E-state index in [0.29, 0.717) is 0 Å². The van der Waals surface area contributed by atoms with Gasteiger partial charge in [-0.2, -0.15) is 0 Å². The minimum atomic E-state index is -2.06. The van der Waals surface area contributed by atoms with Crippen LogP contribution >= 0.6 is 0 Å². The number of carbonyl (C=O) groups is 3. The van der Waals surface area contributed by atoms with E-state index in [1.165, 1.54) is 0 Å². The van der Waals surface area contributed by atoms with Crippen molar-refractivity contribution in [1.29, 1.82) is 0 Å². The van der Waals surface area contributed by atoms with E-state index in [9.17, 15) is 55.2 Å². The van der Waals surface area contributed by atoms with Crippen molar-refractivity contribution in [2.45, 2.75) is 84.8 Å². The van der Waals surface area contributed by atoms with Crippen molar-refractivity contribution in [2.24, 2.45) is 17.8 Å². The molecule has 0 unspecified atom stereocenters. The Morgan fingerprint density at radius 1 is 0.627 bits per heavy atom. The summed E-state index contributed by atoms with van der Waals surface area (Å²) in [5.41, 5.74) is -1.81. The first-order valence-corrected chi connectivity index (χ1v) is 16.8. The monoisotopic (exact) mass is 708 g/mol.